The van der Waals surface area contributed by atoms with Gasteiger partial charge >= 0.3 is 0 Å². The number of halogens is 1. The van der Waals surface area contributed by atoms with Crippen molar-refractivity contribution in [3.8, 4) is 5.75 Å². The van der Waals surface area contributed by atoms with Crippen LogP contribution in [0.25, 0.3) is 0 Å². The van der Waals surface area contributed by atoms with Crippen LogP contribution in [-0.2, 0) is 0 Å². The molecule has 0 aliphatic rings. The molecule has 3 heteroatoms. The van der Waals surface area contributed by atoms with E-state index in [4.69, 9.17) is 4.74 Å². The minimum absolute atomic E-state index is 0.205. The molecule has 0 radical (unpaired) electrons. The summed E-state index contributed by atoms with van der Waals surface area (Å²) in [6.07, 6.45) is 2.05. The Morgan fingerprint density at radius 3 is 2.82 bits per heavy atom. The van der Waals surface area contributed by atoms with Crippen molar-refractivity contribution in [3.63, 3.8) is 0 Å². The average Bonchev–Trinajstić information content (AvgIpc) is 2.29. The molecule has 17 heavy (non-hydrogen) atoms. The van der Waals surface area contributed by atoms with E-state index in [1.54, 1.807) is 13.0 Å². The SMILES string of the molecule is CCNC(C)CCCOc1ccc(C)c(F)c1. The Bertz CT molecular complexity index is 341. The summed E-state index contributed by atoms with van der Waals surface area (Å²) in [5, 5.41) is 3.35. The zero-order chi connectivity index (χ0) is 12.7. The van der Waals surface area contributed by atoms with E-state index < -0.39 is 0 Å². The molecule has 0 saturated carbocycles. The summed E-state index contributed by atoms with van der Waals surface area (Å²) >= 11 is 0. The minimum Gasteiger partial charge on any atom is -0.493 e. The monoisotopic (exact) mass is 239 g/mol. The van der Waals surface area contributed by atoms with Crippen molar-refractivity contribution < 1.29 is 9.13 Å². The lowest BCUT2D eigenvalue weighted by Gasteiger charge is -2.12. The van der Waals surface area contributed by atoms with Crippen LogP contribution >= 0.6 is 0 Å². The van der Waals surface area contributed by atoms with Gasteiger partial charge in [-0.2, -0.15) is 0 Å². The molecule has 0 fully saturated rings. The second kappa shape index (κ2) is 7.28. The molecule has 1 aromatic carbocycles. The first kappa shape index (κ1) is 14.0. The van der Waals surface area contributed by atoms with Crippen LogP contribution in [0.2, 0.25) is 0 Å². The molecule has 1 unspecified atom stereocenters. The maximum atomic E-state index is 13.2. The van der Waals surface area contributed by atoms with E-state index in [0.29, 0.717) is 24.0 Å². The number of benzene rings is 1. The molecule has 0 aromatic heterocycles. The quantitative estimate of drug-likeness (QED) is 0.737. The van der Waals surface area contributed by atoms with Gasteiger partial charge in [-0.15, -0.1) is 0 Å². The van der Waals surface area contributed by atoms with Gasteiger partial charge in [-0.1, -0.05) is 13.0 Å². The van der Waals surface area contributed by atoms with E-state index in [1.165, 1.54) is 6.07 Å². The molecule has 1 aromatic rings. The fourth-order valence-electron chi connectivity index (χ4n) is 1.69. The highest BCUT2D eigenvalue weighted by molar-refractivity contribution is 5.27. The Morgan fingerprint density at radius 1 is 1.41 bits per heavy atom. The lowest BCUT2D eigenvalue weighted by atomic mass is 10.2. The van der Waals surface area contributed by atoms with Crippen LogP contribution in [0.1, 0.15) is 32.3 Å². The molecule has 0 amide bonds. The molecule has 1 atom stereocenters. The second-order valence-corrected chi connectivity index (χ2v) is 4.36. The lowest BCUT2D eigenvalue weighted by Crippen LogP contribution is -2.25. The van der Waals surface area contributed by atoms with E-state index >= 15 is 0 Å². The number of hydrogen-bond donors (Lipinski definition) is 1. The molecule has 2 nitrogen and oxygen atoms in total. The van der Waals surface area contributed by atoms with E-state index in [1.807, 2.05) is 6.07 Å². The highest BCUT2D eigenvalue weighted by Crippen LogP contribution is 2.16. The van der Waals surface area contributed by atoms with E-state index in [-0.39, 0.29) is 5.82 Å². The third-order valence-electron chi connectivity index (χ3n) is 2.75. The molecule has 1 rings (SSSR count). The third kappa shape index (κ3) is 5.18. The fraction of sp³-hybridized carbons (Fsp3) is 0.571. The maximum absolute atomic E-state index is 13.2. The summed E-state index contributed by atoms with van der Waals surface area (Å²) in [7, 11) is 0. The van der Waals surface area contributed by atoms with Crippen molar-refractivity contribution in [2.75, 3.05) is 13.2 Å². The summed E-state index contributed by atoms with van der Waals surface area (Å²) in [6.45, 7) is 7.64. The molecule has 0 saturated heterocycles. The van der Waals surface area contributed by atoms with Gasteiger partial charge in [-0.3, -0.25) is 0 Å². The van der Waals surface area contributed by atoms with Crippen LogP contribution in [0.4, 0.5) is 4.39 Å². The highest BCUT2D eigenvalue weighted by atomic mass is 19.1. The number of ether oxygens (including phenoxy) is 1. The Kier molecular flexibility index (Phi) is 5.98. The minimum atomic E-state index is -0.205. The third-order valence-corrected chi connectivity index (χ3v) is 2.75. The largest absolute Gasteiger partial charge is 0.493 e. The molecule has 96 valence electrons. The molecule has 0 bridgehead atoms. The standard InChI is InChI=1S/C14H22FNO/c1-4-16-12(3)6-5-9-17-13-8-7-11(2)14(15)10-13/h7-8,10,12,16H,4-6,9H2,1-3H3. The van der Waals surface area contributed by atoms with Crippen molar-refractivity contribution in [1.29, 1.82) is 0 Å². The topological polar surface area (TPSA) is 21.3 Å². The van der Waals surface area contributed by atoms with E-state index in [0.717, 1.165) is 19.4 Å². The maximum Gasteiger partial charge on any atom is 0.129 e. The fourth-order valence-corrected chi connectivity index (χ4v) is 1.69. The van der Waals surface area contributed by atoms with Gasteiger partial charge in [0.25, 0.3) is 0 Å². The van der Waals surface area contributed by atoms with Crippen molar-refractivity contribution in [3.05, 3.63) is 29.6 Å². The molecule has 0 aliphatic carbocycles. The number of nitrogens with one attached hydrogen (secondary N) is 1. The molecule has 0 heterocycles. The van der Waals surface area contributed by atoms with Crippen LogP contribution < -0.4 is 10.1 Å². The van der Waals surface area contributed by atoms with Crippen molar-refractivity contribution in [2.45, 2.75) is 39.7 Å². The Balaban J connectivity index is 2.24. The average molecular weight is 239 g/mol. The van der Waals surface area contributed by atoms with Gasteiger partial charge in [0.2, 0.25) is 0 Å². The first-order valence-electron chi connectivity index (χ1n) is 6.25. The van der Waals surface area contributed by atoms with Crippen LogP contribution in [0.3, 0.4) is 0 Å². The van der Waals surface area contributed by atoms with Gasteiger partial charge in [-0.25, -0.2) is 4.39 Å². The van der Waals surface area contributed by atoms with E-state index in [9.17, 15) is 4.39 Å². The van der Waals surface area contributed by atoms with Gasteiger partial charge in [-0.05, 0) is 44.9 Å². The van der Waals surface area contributed by atoms with Crippen LogP contribution in [0.15, 0.2) is 18.2 Å². The Hall–Kier alpha value is -1.09. The molecule has 0 aliphatic heterocycles. The smallest absolute Gasteiger partial charge is 0.129 e. The van der Waals surface area contributed by atoms with Crippen molar-refractivity contribution in [1.82, 2.24) is 5.32 Å². The van der Waals surface area contributed by atoms with Crippen molar-refractivity contribution >= 4 is 0 Å². The zero-order valence-electron chi connectivity index (χ0n) is 10.9. The van der Waals surface area contributed by atoms with Crippen molar-refractivity contribution in [2.24, 2.45) is 0 Å². The zero-order valence-corrected chi connectivity index (χ0v) is 10.9. The second-order valence-electron chi connectivity index (χ2n) is 4.36. The van der Waals surface area contributed by atoms with Gasteiger partial charge < -0.3 is 10.1 Å². The first-order chi connectivity index (χ1) is 8.13. The normalized spacial score (nSPS) is 12.5. The molecule has 1 N–H and O–H groups in total. The Labute approximate surface area is 103 Å². The predicted molar refractivity (Wildman–Crippen MR) is 69.0 cm³/mol. The number of aryl methyl sites for hydroxylation is 1. The summed E-state index contributed by atoms with van der Waals surface area (Å²) < 4.78 is 18.7. The Morgan fingerprint density at radius 2 is 2.18 bits per heavy atom. The van der Waals surface area contributed by atoms with Crippen LogP contribution in [0.5, 0.6) is 5.75 Å². The summed E-state index contributed by atoms with van der Waals surface area (Å²) in [5.74, 6) is 0.410. The lowest BCUT2D eigenvalue weighted by molar-refractivity contribution is 0.297. The van der Waals surface area contributed by atoms with Crippen LogP contribution in [0, 0.1) is 12.7 Å². The first-order valence-corrected chi connectivity index (χ1v) is 6.25. The summed E-state index contributed by atoms with van der Waals surface area (Å²) in [5.41, 5.74) is 0.651. The number of hydrogen-bond acceptors (Lipinski definition) is 2. The predicted octanol–water partition coefficient (Wildman–Crippen LogP) is 3.29. The van der Waals surface area contributed by atoms with E-state index in [2.05, 4.69) is 19.2 Å². The van der Waals surface area contributed by atoms with Gasteiger partial charge in [0, 0.05) is 12.1 Å². The highest BCUT2D eigenvalue weighted by Gasteiger charge is 2.02. The molecular weight excluding hydrogens is 217 g/mol. The summed E-state index contributed by atoms with van der Waals surface area (Å²) in [4.78, 5) is 0. The molecule has 0 spiro atoms. The van der Waals surface area contributed by atoms with Crippen LogP contribution in [-0.4, -0.2) is 19.2 Å². The van der Waals surface area contributed by atoms with Gasteiger partial charge in [0.05, 0.1) is 6.61 Å². The summed E-state index contributed by atoms with van der Waals surface area (Å²) in [6, 6.07) is 5.51. The number of rotatable bonds is 7. The van der Waals surface area contributed by atoms with Gasteiger partial charge in [0.1, 0.15) is 11.6 Å². The molecular formula is C14H22FNO. The van der Waals surface area contributed by atoms with Gasteiger partial charge in [0.15, 0.2) is 0 Å².